The minimum atomic E-state index is -2.28. The first-order valence-electron chi connectivity index (χ1n) is 7.66. The van der Waals surface area contributed by atoms with Crippen molar-refractivity contribution in [2.24, 2.45) is 0 Å². The van der Waals surface area contributed by atoms with Crippen LogP contribution in [0.25, 0.3) is 0 Å². The molecule has 0 unspecified atom stereocenters. The van der Waals surface area contributed by atoms with Crippen LogP contribution in [-0.4, -0.2) is 12.6 Å². The van der Waals surface area contributed by atoms with E-state index in [1.807, 2.05) is 0 Å². The molecule has 0 amide bonds. The van der Waals surface area contributed by atoms with Gasteiger partial charge in [0.2, 0.25) is 0 Å². The van der Waals surface area contributed by atoms with Gasteiger partial charge in [-0.1, -0.05) is 0 Å². The second-order valence-electron chi connectivity index (χ2n) is 10.8. The molecule has 3 heteroatoms. The van der Waals surface area contributed by atoms with Gasteiger partial charge in [0, 0.05) is 12.8 Å². The zero-order valence-corrected chi connectivity index (χ0v) is 11.3. The van der Waals surface area contributed by atoms with E-state index in [0.29, 0.717) is 19.3 Å². The number of rotatable bonds is 4. The van der Waals surface area contributed by atoms with Gasteiger partial charge in [0.25, 0.3) is 0 Å². The summed E-state index contributed by atoms with van der Waals surface area (Å²) in [5, 5.41) is 0. The zero-order chi connectivity index (χ0) is 11.6. The molecule has 10 heterocycles. The Bertz CT molecular complexity index is 710. The fraction of sp³-hybridized carbons (Fsp3) is 0.867. The molecule has 0 radical (unpaired) electrons. The number of unbranched alkanes of at least 4 members (excludes halogenated alkanes) is 2. The summed E-state index contributed by atoms with van der Waals surface area (Å²) < 4.78 is 0. The average molecular weight is 286 g/mol. The summed E-state index contributed by atoms with van der Waals surface area (Å²) in [7, 11) is 0. The summed E-state index contributed by atoms with van der Waals surface area (Å²) in [4.78, 5) is 35.0. The molecule has 1 spiro atoms. The van der Waals surface area contributed by atoms with Crippen molar-refractivity contribution in [3.8, 4) is 0 Å². The molecule has 98 valence electrons. The molecule has 10 aliphatic rings. The molecule has 0 atom stereocenters. The van der Waals surface area contributed by atoms with Crippen LogP contribution < -0.4 is 0 Å². The van der Waals surface area contributed by atoms with E-state index >= 15 is 0 Å². The van der Waals surface area contributed by atoms with E-state index in [4.69, 9.17) is 0 Å². The Morgan fingerprint density at radius 2 is 0.889 bits per heavy atom. The molecule has 0 N–H and O–H groups in total. The van der Waals surface area contributed by atoms with Crippen molar-refractivity contribution in [2.75, 3.05) is 0 Å². The van der Waals surface area contributed by atoms with Crippen LogP contribution in [0, 0.1) is 0 Å². The summed E-state index contributed by atoms with van der Waals surface area (Å²) in [6.07, 6.45) is 3.37. The second-order valence-corrected chi connectivity index (χ2v) is 34.8. The third-order valence-electron chi connectivity index (χ3n) is 15.2. The van der Waals surface area contributed by atoms with Crippen molar-refractivity contribution < 1.29 is 16.1 Å². The van der Waals surface area contributed by atoms with Gasteiger partial charge in [-0.2, -0.15) is 0 Å². The van der Waals surface area contributed by atoms with Crippen LogP contribution in [0.2, 0.25) is 48.2 Å². The number of aldehydes is 2. The van der Waals surface area contributed by atoms with Crippen LogP contribution in [-0.2, 0) is 16.1 Å². The first-order chi connectivity index (χ1) is 8.57. The van der Waals surface area contributed by atoms with Gasteiger partial charge >= 0.3 is 54.7 Å². The molecule has 10 rings (SSSR count). The monoisotopic (exact) mass is 286 g/mol. The fourth-order valence-electron chi connectivity index (χ4n) is 16.1. The minimum absolute atomic E-state index is 0.513. The number of fused-ring (bicyclic) bond motifs is 10. The van der Waals surface area contributed by atoms with E-state index in [0.717, 1.165) is 12.6 Å². The predicted octanol–water partition coefficient (Wildman–Crippen LogP) is 3.93. The van der Waals surface area contributed by atoms with Gasteiger partial charge in [-0.25, -0.2) is 0 Å². The number of carbonyl (C=O) groups is 2. The Morgan fingerprint density at radius 3 is 1.00 bits per heavy atom. The SMILES string of the molecule is O=CCCCC=O.[CH]12[CH]3[CH]4[CH]5[CH]1[Fe]23451678[CH]2[CH]1[CH]6[CH]7[CH]28. The molecule has 10 fully saturated rings. The molecule has 0 saturated carbocycles. The average Bonchev–Trinajstić information content (AvgIpc) is 3.32. The summed E-state index contributed by atoms with van der Waals surface area (Å²) in [6.45, 7) is -2.28. The molecule has 10 saturated heterocycles. The van der Waals surface area contributed by atoms with Crippen LogP contribution in [0.5, 0.6) is 0 Å². The molecule has 0 aromatic carbocycles. The number of carbonyl (C=O) groups excluding carboxylic acids is 2. The molecular formula is C15H18FeO2. The normalized spacial score (nSPS) is 108. The van der Waals surface area contributed by atoms with Gasteiger partial charge < -0.3 is 9.59 Å². The standard InChI is InChI=1S/C5H8O2.2C5H5.Fe/c6-4-2-1-3-5-7;2*1-2-4-5-3-1;/h4-5H,1-3H2;2*1-5H;. The third kappa shape index (κ3) is 0.0843. The van der Waals surface area contributed by atoms with E-state index in [1.54, 1.807) is 48.2 Å². The van der Waals surface area contributed by atoms with E-state index in [-0.39, 0.29) is 0 Å². The predicted molar refractivity (Wildman–Crippen MR) is 63.5 cm³/mol. The maximum absolute atomic E-state index is 9.56. The maximum atomic E-state index is 9.56. The summed E-state index contributed by atoms with van der Waals surface area (Å²) in [5.74, 6) is 0. The quantitative estimate of drug-likeness (QED) is 0.446. The first kappa shape index (κ1) is 7.59. The number of hydrogen-bond acceptors (Lipinski definition) is 2. The van der Waals surface area contributed by atoms with Crippen molar-refractivity contribution >= 4 is 12.6 Å². The topological polar surface area (TPSA) is 34.1 Å². The van der Waals surface area contributed by atoms with Crippen LogP contribution in [0.3, 0.4) is 0 Å². The summed E-state index contributed by atoms with van der Waals surface area (Å²) >= 11 is 0. The number of hydrogen-bond donors (Lipinski definition) is 0. The Balaban J connectivity index is 0.0000000885. The Labute approximate surface area is 96.2 Å². The van der Waals surface area contributed by atoms with Crippen LogP contribution in [0.4, 0.5) is 0 Å². The molecule has 10 aliphatic heterocycles. The van der Waals surface area contributed by atoms with Gasteiger partial charge in [0.15, 0.2) is 0 Å². The van der Waals surface area contributed by atoms with Gasteiger partial charge in [-0.05, 0) is 6.42 Å². The van der Waals surface area contributed by atoms with Crippen LogP contribution in [0.15, 0.2) is 0 Å². The molecule has 0 aliphatic carbocycles. The zero-order valence-electron chi connectivity index (χ0n) is 10.2. The van der Waals surface area contributed by atoms with Crippen molar-refractivity contribution in [1.82, 2.24) is 0 Å². The van der Waals surface area contributed by atoms with Crippen molar-refractivity contribution in [1.29, 1.82) is 0 Å². The summed E-state index contributed by atoms with van der Waals surface area (Å²) in [5.41, 5.74) is 0. The van der Waals surface area contributed by atoms with E-state index in [9.17, 15) is 9.59 Å². The second kappa shape index (κ2) is 0.665. The van der Waals surface area contributed by atoms with Crippen molar-refractivity contribution in [3.63, 3.8) is 0 Å². The van der Waals surface area contributed by atoms with Gasteiger partial charge in [-0.15, -0.1) is 0 Å². The molecule has 0 aromatic rings. The Hall–Kier alpha value is -0.141. The van der Waals surface area contributed by atoms with E-state index < -0.39 is 6.51 Å². The van der Waals surface area contributed by atoms with Crippen molar-refractivity contribution in [2.45, 2.75) is 67.4 Å². The molecule has 0 bridgehead atoms. The van der Waals surface area contributed by atoms with Crippen molar-refractivity contribution in [3.05, 3.63) is 0 Å². The third-order valence-corrected chi connectivity index (χ3v) is 57.1. The molecule has 0 aromatic heterocycles. The van der Waals surface area contributed by atoms with E-state index in [1.165, 1.54) is 0 Å². The Morgan fingerprint density at radius 1 is 0.611 bits per heavy atom. The van der Waals surface area contributed by atoms with Crippen LogP contribution in [0.1, 0.15) is 19.3 Å². The van der Waals surface area contributed by atoms with Crippen LogP contribution >= 0.6 is 0 Å². The van der Waals surface area contributed by atoms with E-state index in [2.05, 4.69) is 0 Å². The fourth-order valence-corrected chi connectivity index (χ4v) is 88.3. The summed E-state index contributed by atoms with van der Waals surface area (Å²) in [6, 6.07) is 0. The Kier molecular flexibility index (Phi) is 0.280. The molecule has 18 heavy (non-hydrogen) atoms. The van der Waals surface area contributed by atoms with Gasteiger partial charge in [-0.3, -0.25) is 0 Å². The van der Waals surface area contributed by atoms with Gasteiger partial charge in [0.05, 0.1) is 0 Å². The first-order valence-corrected chi connectivity index (χ1v) is 14.0. The van der Waals surface area contributed by atoms with Gasteiger partial charge in [0.1, 0.15) is 12.6 Å². The molecular weight excluding hydrogens is 268 g/mol. The molecule has 2 nitrogen and oxygen atoms in total.